The molecule has 6 nitrogen and oxygen atoms in total. The van der Waals surface area contributed by atoms with Gasteiger partial charge in [0.15, 0.2) is 10.7 Å². The number of likely N-dealkylation sites (tertiary alicyclic amines) is 1. The van der Waals surface area contributed by atoms with Gasteiger partial charge in [-0.25, -0.2) is 4.98 Å². The Labute approximate surface area is 159 Å². The summed E-state index contributed by atoms with van der Waals surface area (Å²) in [4.78, 5) is 25.8. The van der Waals surface area contributed by atoms with E-state index < -0.39 is 0 Å². The molecule has 0 aliphatic carbocycles. The van der Waals surface area contributed by atoms with Gasteiger partial charge >= 0.3 is 0 Å². The topological polar surface area (TPSA) is 44.1 Å². The number of imidazole rings is 1. The second kappa shape index (κ2) is 8.06. The van der Waals surface area contributed by atoms with Crippen LogP contribution in [0.25, 0.3) is 4.96 Å². The van der Waals surface area contributed by atoms with Crippen LogP contribution in [0.15, 0.2) is 11.6 Å². The zero-order valence-electron chi connectivity index (χ0n) is 15.7. The average Bonchev–Trinajstić information content (AvgIpc) is 3.01. The van der Waals surface area contributed by atoms with Gasteiger partial charge in [-0.1, -0.05) is 12.8 Å². The van der Waals surface area contributed by atoms with E-state index in [-0.39, 0.29) is 5.91 Å². The quantitative estimate of drug-likeness (QED) is 0.827. The first-order chi connectivity index (χ1) is 12.7. The summed E-state index contributed by atoms with van der Waals surface area (Å²) in [5.74, 6) is 0.112. The van der Waals surface area contributed by atoms with Gasteiger partial charge in [0.1, 0.15) is 0 Å². The van der Waals surface area contributed by atoms with E-state index in [9.17, 15) is 4.79 Å². The molecule has 2 aromatic heterocycles. The Hall–Kier alpha value is -1.44. The zero-order valence-corrected chi connectivity index (χ0v) is 16.5. The number of hydrogen-bond acceptors (Lipinski definition) is 5. The lowest BCUT2D eigenvalue weighted by atomic mass is 10.2. The van der Waals surface area contributed by atoms with Gasteiger partial charge < -0.3 is 9.80 Å². The van der Waals surface area contributed by atoms with Crippen molar-refractivity contribution in [2.75, 3.05) is 46.3 Å². The van der Waals surface area contributed by atoms with Crippen molar-refractivity contribution >= 4 is 22.2 Å². The maximum Gasteiger partial charge on any atom is 0.274 e. The first-order valence-corrected chi connectivity index (χ1v) is 10.7. The third kappa shape index (κ3) is 3.80. The lowest BCUT2D eigenvalue weighted by Gasteiger charge is -2.22. The van der Waals surface area contributed by atoms with Gasteiger partial charge in [0.05, 0.1) is 5.69 Å². The monoisotopic (exact) mass is 375 g/mol. The molecule has 4 rings (SSSR count). The van der Waals surface area contributed by atoms with Crippen molar-refractivity contribution in [3.05, 3.63) is 23.0 Å². The summed E-state index contributed by atoms with van der Waals surface area (Å²) in [5.41, 5.74) is 1.75. The van der Waals surface area contributed by atoms with E-state index in [4.69, 9.17) is 4.98 Å². The van der Waals surface area contributed by atoms with Crippen LogP contribution >= 0.6 is 11.3 Å². The molecule has 2 fully saturated rings. The summed E-state index contributed by atoms with van der Waals surface area (Å²) in [6, 6.07) is 0. The van der Waals surface area contributed by atoms with Crippen LogP contribution in [0.1, 0.15) is 48.3 Å². The average molecular weight is 376 g/mol. The Balaban J connectivity index is 1.59. The van der Waals surface area contributed by atoms with E-state index in [0.29, 0.717) is 5.69 Å². The number of fused-ring (bicyclic) bond motifs is 1. The lowest BCUT2D eigenvalue weighted by molar-refractivity contribution is 0.0755. The number of amides is 1. The number of rotatable bonds is 3. The van der Waals surface area contributed by atoms with Crippen LogP contribution in [-0.4, -0.2) is 76.3 Å². The van der Waals surface area contributed by atoms with Crippen molar-refractivity contribution in [2.45, 2.75) is 38.6 Å². The standard InChI is InChI=1S/C19H29N5OS/c1-21-7-6-10-23(12-11-21)18(25)17-16(24-13-14-26-19(24)20-17)15-22-8-4-2-3-5-9-22/h13-14H,2-12,15H2,1H3. The number of nitrogens with zero attached hydrogens (tertiary/aromatic N) is 5. The molecule has 2 aromatic rings. The van der Waals surface area contributed by atoms with Crippen LogP contribution in [0.5, 0.6) is 0 Å². The van der Waals surface area contributed by atoms with Gasteiger partial charge in [0.25, 0.3) is 5.91 Å². The first-order valence-electron chi connectivity index (χ1n) is 9.87. The summed E-state index contributed by atoms with van der Waals surface area (Å²) in [6.45, 7) is 6.70. The Kier molecular flexibility index (Phi) is 5.57. The normalized spacial score (nSPS) is 21.0. The highest BCUT2D eigenvalue weighted by molar-refractivity contribution is 7.15. The molecule has 0 radical (unpaired) electrons. The number of aromatic nitrogens is 2. The fourth-order valence-electron chi connectivity index (χ4n) is 4.06. The minimum atomic E-state index is 0.112. The molecule has 0 unspecified atom stereocenters. The van der Waals surface area contributed by atoms with Crippen LogP contribution in [-0.2, 0) is 6.54 Å². The van der Waals surface area contributed by atoms with Crippen LogP contribution in [0.3, 0.4) is 0 Å². The van der Waals surface area contributed by atoms with Crippen LogP contribution in [0.4, 0.5) is 0 Å². The van der Waals surface area contributed by atoms with E-state index in [2.05, 4.69) is 32.8 Å². The predicted octanol–water partition coefficient (Wildman–Crippen LogP) is 2.55. The molecule has 0 N–H and O–H groups in total. The zero-order chi connectivity index (χ0) is 17.9. The lowest BCUT2D eigenvalue weighted by Crippen LogP contribution is -2.36. The van der Waals surface area contributed by atoms with Crippen molar-refractivity contribution in [1.29, 1.82) is 0 Å². The van der Waals surface area contributed by atoms with Crippen LogP contribution in [0.2, 0.25) is 0 Å². The Bertz CT molecular complexity index is 746. The van der Waals surface area contributed by atoms with E-state index in [1.807, 2.05) is 4.90 Å². The fourth-order valence-corrected chi connectivity index (χ4v) is 4.79. The molecule has 2 aliphatic rings. The highest BCUT2D eigenvalue weighted by Crippen LogP contribution is 2.22. The number of hydrogen-bond donors (Lipinski definition) is 0. The summed E-state index contributed by atoms with van der Waals surface area (Å²) in [7, 11) is 2.13. The molecule has 0 aromatic carbocycles. The predicted molar refractivity (Wildman–Crippen MR) is 105 cm³/mol. The maximum atomic E-state index is 13.3. The Morgan fingerprint density at radius 1 is 1.04 bits per heavy atom. The van der Waals surface area contributed by atoms with Gasteiger partial charge in [-0.2, -0.15) is 0 Å². The number of likely N-dealkylation sites (N-methyl/N-ethyl adjacent to an activating group) is 1. The largest absolute Gasteiger partial charge is 0.336 e. The van der Waals surface area contributed by atoms with Gasteiger partial charge in [0.2, 0.25) is 0 Å². The molecule has 2 saturated heterocycles. The van der Waals surface area contributed by atoms with Crippen molar-refractivity contribution in [3.63, 3.8) is 0 Å². The summed E-state index contributed by atoms with van der Waals surface area (Å²) in [5, 5.41) is 2.06. The maximum absolute atomic E-state index is 13.3. The third-order valence-corrected chi connectivity index (χ3v) is 6.40. The van der Waals surface area contributed by atoms with E-state index >= 15 is 0 Å². The summed E-state index contributed by atoms with van der Waals surface area (Å²) < 4.78 is 2.13. The van der Waals surface area contributed by atoms with E-state index in [1.165, 1.54) is 25.7 Å². The van der Waals surface area contributed by atoms with Crippen LogP contribution in [0, 0.1) is 0 Å². The number of carbonyl (C=O) groups excluding carboxylic acids is 1. The summed E-state index contributed by atoms with van der Waals surface area (Å²) in [6.07, 6.45) is 8.26. The Morgan fingerprint density at radius 2 is 1.85 bits per heavy atom. The molecular weight excluding hydrogens is 346 g/mol. The van der Waals surface area contributed by atoms with Crippen LogP contribution < -0.4 is 0 Å². The molecule has 4 heterocycles. The van der Waals surface area contributed by atoms with Gasteiger partial charge in [-0.05, 0) is 45.9 Å². The molecule has 26 heavy (non-hydrogen) atoms. The smallest absolute Gasteiger partial charge is 0.274 e. The highest BCUT2D eigenvalue weighted by atomic mass is 32.1. The molecule has 142 valence electrons. The Morgan fingerprint density at radius 3 is 2.65 bits per heavy atom. The molecular formula is C19H29N5OS. The fraction of sp³-hybridized carbons (Fsp3) is 0.684. The highest BCUT2D eigenvalue weighted by Gasteiger charge is 2.27. The molecule has 2 aliphatic heterocycles. The number of carbonyl (C=O) groups is 1. The molecule has 1 amide bonds. The minimum absolute atomic E-state index is 0.112. The van der Waals surface area contributed by atoms with Gasteiger partial charge in [-0.15, -0.1) is 11.3 Å². The van der Waals surface area contributed by atoms with E-state index in [1.54, 1.807) is 11.3 Å². The molecule has 0 bridgehead atoms. The summed E-state index contributed by atoms with van der Waals surface area (Å²) >= 11 is 1.61. The SMILES string of the molecule is CN1CCCN(C(=O)c2nc3sccn3c2CN2CCCCCC2)CC1. The molecule has 0 atom stereocenters. The minimum Gasteiger partial charge on any atom is -0.336 e. The molecule has 7 heteroatoms. The van der Waals surface area contributed by atoms with Gasteiger partial charge in [-0.3, -0.25) is 14.1 Å². The number of thiazole rings is 1. The third-order valence-electron chi connectivity index (χ3n) is 5.64. The first kappa shape index (κ1) is 17.9. The van der Waals surface area contributed by atoms with Crippen molar-refractivity contribution < 1.29 is 4.79 Å². The van der Waals surface area contributed by atoms with Gasteiger partial charge in [0, 0.05) is 37.8 Å². The van der Waals surface area contributed by atoms with Crippen molar-refractivity contribution in [2.24, 2.45) is 0 Å². The molecule has 0 saturated carbocycles. The van der Waals surface area contributed by atoms with Crippen molar-refractivity contribution in [1.82, 2.24) is 24.1 Å². The van der Waals surface area contributed by atoms with Crippen molar-refractivity contribution in [3.8, 4) is 0 Å². The van der Waals surface area contributed by atoms with E-state index in [0.717, 1.165) is 62.9 Å². The molecule has 0 spiro atoms. The second-order valence-electron chi connectivity index (χ2n) is 7.60. The second-order valence-corrected chi connectivity index (χ2v) is 8.48.